The number of Topliss-reactive ketones (excluding diaryl/α,β-unsaturated/α-hetero) is 2. The Hall–Kier alpha value is -1.88. The number of rotatable bonds is 4. The molecule has 0 bridgehead atoms. The summed E-state index contributed by atoms with van der Waals surface area (Å²) in [5.41, 5.74) is 0.492. The van der Waals surface area contributed by atoms with Gasteiger partial charge >= 0.3 is 0 Å². The molecule has 0 aliphatic heterocycles. The van der Waals surface area contributed by atoms with Crippen molar-refractivity contribution in [1.29, 1.82) is 0 Å². The second kappa shape index (κ2) is 5.84. The lowest BCUT2D eigenvalue weighted by Crippen LogP contribution is -2.23. The van der Waals surface area contributed by atoms with Crippen LogP contribution in [0.15, 0.2) is 47.2 Å². The molecule has 1 unspecified atom stereocenters. The third-order valence-electron chi connectivity index (χ3n) is 2.68. The summed E-state index contributed by atoms with van der Waals surface area (Å²) in [7, 11) is 0. The molecule has 0 saturated carbocycles. The van der Waals surface area contributed by atoms with Gasteiger partial charge in [0.25, 0.3) is 0 Å². The fourth-order valence-electron chi connectivity index (χ4n) is 1.63. The highest BCUT2D eigenvalue weighted by Gasteiger charge is 2.25. The van der Waals surface area contributed by atoms with Gasteiger partial charge in [-0.05, 0) is 25.1 Å². The van der Waals surface area contributed by atoms with Gasteiger partial charge in [-0.3, -0.25) is 9.59 Å². The summed E-state index contributed by atoms with van der Waals surface area (Å²) in [5.74, 6) is -1.33. The van der Waals surface area contributed by atoms with Gasteiger partial charge in [-0.15, -0.1) is 0 Å². The van der Waals surface area contributed by atoms with Crippen molar-refractivity contribution >= 4 is 27.5 Å². The average molecular weight is 319 g/mol. The first-order chi connectivity index (χ1) is 9.09. The molecule has 96 valence electrons. The van der Waals surface area contributed by atoms with E-state index in [9.17, 15) is 9.59 Å². The Morgan fingerprint density at radius 3 is 2.42 bits per heavy atom. The van der Waals surface area contributed by atoms with Crippen molar-refractivity contribution in [3.05, 3.63) is 58.6 Å². The standard InChI is InChI=1S/C14H11BrN2O2/c1-9(13(19)14-16-6-3-7-17-14)12(18)10-4-2-5-11(15)8-10/h2-9H,1H3. The molecule has 5 heteroatoms. The Morgan fingerprint density at radius 2 is 1.79 bits per heavy atom. The van der Waals surface area contributed by atoms with Crippen molar-refractivity contribution in [3.63, 3.8) is 0 Å². The first-order valence-corrected chi connectivity index (χ1v) is 6.50. The highest BCUT2D eigenvalue weighted by atomic mass is 79.9. The molecule has 4 nitrogen and oxygen atoms in total. The molecular formula is C14H11BrN2O2. The summed E-state index contributed by atoms with van der Waals surface area (Å²) >= 11 is 3.30. The largest absolute Gasteiger partial charge is 0.293 e. The number of nitrogens with zero attached hydrogens (tertiary/aromatic N) is 2. The van der Waals surface area contributed by atoms with Gasteiger partial charge in [0.2, 0.25) is 5.78 Å². The maximum atomic E-state index is 12.2. The van der Waals surface area contributed by atoms with Gasteiger partial charge in [0.05, 0.1) is 5.92 Å². The number of benzene rings is 1. The molecule has 1 aromatic carbocycles. The summed E-state index contributed by atoms with van der Waals surface area (Å²) in [5, 5.41) is 0. The molecule has 0 aliphatic rings. The number of ketones is 2. The number of carbonyl (C=O) groups excluding carboxylic acids is 2. The predicted octanol–water partition coefficient (Wildman–Crippen LogP) is 2.94. The zero-order chi connectivity index (χ0) is 13.8. The van der Waals surface area contributed by atoms with E-state index in [1.165, 1.54) is 12.4 Å². The maximum absolute atomic E-state index is 12.2. The molecule has 0 fully saturated rings. The molecule has 0 radical (unpaired) electrons. The van der Waals surface area contributed by atoms with Crippen LogP contribution in [0, 0.1) is 5.92 Å². The molecule has 1 heterocycles. The van der Waals surface area contributed by atoms with E-state index in [0.29, 0.717) is 5.56 Å². The number of halogens is 1. The lowest BCUT2D eigenvalue weighted by molar-refractivity contribution is 0.0814. The van der Waals surface area contributed by atoms with Gasteiger partial charge in [0.15, 0.2) is 11.6 Å². The van der Waals surface area contributed by atoms with E-state index in [4.69, 9.17) is 0 Å². The third-order valence-corrected chi connectivity index (χ3v) is 3.18. The SMILES string of the molecule is CC(C(=O)c1cccc(Br)c1)C(=O)c1ncccn1. The summed E-state index contributed by atoms with van der Waals surface area (Å²) in [6.45, 7) is 1.57. The van der Waals surface area contributed by atoms with Crippen LogP contribution < -0.4 is 0 Å². The van der Waals surface area contributed by atoms with Crippen molar-refractivity contribution in [1.82, 2.24) is 9.97 Å². The first-order valence-electron chi connectivity index (χ1n) is 5.70. The normalized spacial score (nSPS) is 11.9. The van der Waals surface area contributed by atoms with Crippen LogP contribution in [0.2, 0.25) is 0 Å². The number of aromatic nitrogens is 2. The summed E-state index contributed by atoms with van der Waals surface area (Å²) in [6, 6.07) is 8.58. The molecule has 0 N–H and O–H groups in total. The molecule has 2 aromatic rings. The quantitative estimate of drug-likeness (QED) is 0.642. The van der Waals surface area contributed by atoms with Gasteiger partial charge < -0.3 is 0 Å². The van der Waals surface area contributed by atoms with Crippen LogP contribution in [-0.2, 0) is 0 Å². The van der Waals surface area contributed by atoms with Crippen LogP contribution in [0.4, 0.5) is 0 Å². The van der Waals surface area contributed by atoms with Crippen LogP contribution in [-0.4, -0.2) is 21.5 Å². The van der Waals surface area contributed by atoms with Gasteiger partial charge in [-0.2, -0.15) is 0 Å². The number of hydrogen-bond acceptors (Lipinski definition) is 4. The topological polar surface area (TPSA) is 59.9 Å². The minimum atomic E-state index is -0.795. The predicted molar refractivity (Wildman–Crippen MR) is 74.0 cm³/mol. The van der Waals surface area contributed by atoms with E-state index in [2.05, 4.69) is 25.9 Å². The van der Waals surface area contributed by atoms with E-state index >= 15 is 0 Å². The molecular weight excluding hydrogens is 308 g/mol. The van der Waals surface area contributed by atoms with Crippen LogP contribution in [0.25, 0.3) is 0 Å². The summed E-state index contributed by atoms with van der Waals surface area (Å²) in [6.07, 6.45) is 2.97. The van der Waals surface area contributed by atoms with Crippen molar-refractivity contribution in [3.8, 4) is 0 Å². The number of hydrogen-bond donors (Lipinski definition) is 0. The zero-order valence-corrected chi connectivity index (χ0v) is 11.8. The monoisotopic (exact) mass is 318 g/mol. The highest BCUT2D eigenvalue weighted by Crippen LogP contribution is 2.17. The van der Waals surface area contributed by atoms with Crippen molar-refractivity contribution < 1.29 is 9.59 Å². The molecule has 1 aromatic heterocycles. The second-order valence-corrected chi connectivity index (χ2v) is 4.95. The summed E-state index contributed by atoms with van der Waals surface area (Å²) in [4.78, 5) is 32.0. The fraction of sp³-hybridized carbons (Fsp3) is 0.143. The minimum absolute atomic E-state index is 0.0679. The minimum Gasteiger partial charge on any atom is -0.293 e. The zero-order valence-electron chi connectivity index (χ0n) is 10.2. The van der Waals surface area contributed by atoms with Crippen LogP contribution in [0.1, 0.15) is 27.9 Å². The molecule has 2 rings (SSSR count). The lowest BCUT2D eigenvalue weighted by atomic mass is 9.95. The highest BCUT2D eigenvalue weighted by molar-refractivity contribution is 9.10. The second-order valence-electron chi connectivity index (χ2n) is 4.03. The van der Waals surface area contributed by atoms with Crippen molar-refractivity contribution in [2.24, 2.45) is 5.92 Å². The first kappa shape index (κ1) is 13.5. The van der Waals surface area contributed by atoms with E-state index < -0.39 is 5.92 Å². The van der Waals surface area contributed by atoms with Gasteiger partial charge in [-0.25, -0.2) is 9.97 Å². The van der Waals surface area contributed by atoms with Crippen molar-refractivity contribution in [2.45, 2.75) is 6.92 Å². The van der Waals surface area contributed by atoms with E-state index in [-0.39, 0.29) is 17.4 Å². The molecule has 0 saturated heterocycles. The molecule has 1 atom stereocenters. The van der Waals surface area contributed by atoms with Crippen LogP contribution in [0.3, 0.4) is 0 Å². The fourth-order valence-corrected chi connectivity index (χ4v) is 2.03. The Kier molecular flexibility index (Phi) is 4.16. The van der Waals surface area contributed by atoms with Crippen molar-refractivity contribution in [2.75, 3.05) is 0 Å². The van der Waals surface area contributed by atoms with E-state index in [1.54, 1.807) is 31.2 Å². The third kappa shape index (κ3) is 3.12. The van der Waals surface area contributed by atoms with Crippen LogP contribution >= 0.6 is 15.9 Å². The molecule has 0 amide bonds. The van der Waals surface area contributed by atoms with E-state index in [1.807, 2.05) is 6.07 Å². The van der Waals surface area contributed by atoms with Gasteiger partial charge in [-0.1, -0.05) is 28.1 Å². The molecule has 0 spiro atoms. The van der Waals surface area contributed by atoms with Gasteiger partial charge in [0, 0.05) is 22.4 Å². The smallest absolute Gasteiger partial charge is 0.210 e. The Balaban J connectivity index is 2.23. The molecule has 0 aliphatic carbocycles. The number of carbonyl (C=O) groups is 2. The summed E-state index contributed by atoms with van der Waals surface area (Å²) < 4.78 is 0.800. The Labute approximate surface area is 119 Å². The van der Waals surface area contributed by atoms with Gasteiger partial charge in [0.1, 0.15) is 0 Å². The maximum Gasteiger partial charge on any atom is 0.210 e. The molecule has 19 heavy (non-hydrogen) atoms. The average Bonchev–Trinajstić information content (AvgIpc) is 2.46. The van der Waals surface area contributed by atoms with Crippen LogP contribution in [0.5, 0.6) is 0 Å². The Morgan fingerprint density at radius 1 is 1.11 bits per heavy atom. The Bertz CT molecular complexity index is 614. The lowest BCUT2D eigenvalue weighted by Gasteiger charge is -2.08. The van der Waals surface area contributed by atoms with E-state index in [0.717, 1.165) is 4.47 Å².